The Balaban J connectivity index is 2.31. The second-order valence-electron chi connectivity index (χ2n) is 5.17. The third-order valence-electron chi connectivity index (χ3n) is 3.49. The SMILES string of the molecule is CC1CN(c2ccc(Br)cc2)C(=O)C(CO)N(C)C1. The van der Waals surface area contributed by atoms with Crippen molar-refractivity contribution in [2.24, 2.45) is 5.92 Å². The zero-order chi connectivity index (χ0) is 14.0. The number of benzene rings is 1. The van der Waals surface area contributed by atoms with Gasteiger partial charge < -0.3 is 10.0 Å². The highest BCUT2D eigenvalue weighted by atomic mass is 79.9. The van der Waals surface area contributed by atoms with Crippen molar-refractivity contribution in [3.8, 4) is 0 Å². The molecule has 0 bridgehead atoms. The van der Waals surface area contributed by atoms with Crippen LogP contribution in [-0.2, 0) is 4.79 Å². The van der Waals surface area contributed by atoms with Gasteiger partial charge in [0, 0.05) is 23.2 Å². The molecule has 5 heteroatoms. The van der Waals surface area contributed by atoms with E-state index < -0.39 is 6.04 Å². The summed E-state index contributed by atoms with van der Waals surface area (Å²) >= 11 is 3.40. The van der Waals surface area contributed by atoms with E-state index in [0.29, 0.717) is 12.5 Å². The maximum absolute atomic E-state index is 12.5. The molecule has 19 heavy (non-hydrogen) atoms. The Hall–Kier alpha value is -0.910. The van der Waals surface area contributed by atoms with Crippen molar-refractivity contribution in [2.45, 2.75) is 13.0 Å². The number of rotatable bonds is 2. The molecule has 0 saturated carbocycles. The molecule has 1 aliphatic rings. The highest BCUT2D eigenvalue weighted by molar-refractivity contribution is 9.10. The van der Waals surface area contributed by atoms with Gasteiger partial charge in [-0.25, -0.2) is 0 Å². The van der Waals surface area contributed by atoms with Crippen LogP contribution in [0.25, 0.3) is 0 Å². The number of hydrogen-bond donors (Lipinski definition) is 1. The lowest BCUT2D eigenvalue weighted by Gasteiger charge is -2.26. The van der Waals surface area contributed by atoms with E-state index in [1.807, 2.05) is 36.2 Å². The molecule has 1 heterocycles. The number of aliphatic hydroxyl groups excluding tert-OH is 1. The van der Waals surface area contributed by atoms with Crippen molar-refractivity contribution in [3.63, 3.8) is 0 Å². The number of halogens is 1. The Bertz CT molecular complexity index is 449. The molecule has 1 amide bonds. The predicted octanol–water partition coefficient (Wildman–Crippen LogP) is 1.72. The van der Waals surface area contributed by atoms with E-state index in [0.717, 1.165) is 16.7 Å². The van der Waals surface area contributed by atoms with Gasteiger partial charge >= 0.3 is 0 Å². The smallest absolute Gasteiger partial charge is 0.246 e. The first-order chi connectivity index (χ1) is 9.02. The summed E-state index contributed by atoms with van der Waals surface area (Å²) in [6.45, 7) is 3.47. The second-order valence-corrected chi connectivity index (χ2v) is 6.08. The molecule has 0 aliphatic carbocycles. The Morgan fingerprint density at radius 2 is 1.95 bits per heavy atom. The van der Waals surface area contributed by atoms with Crippen LogP contribution in [0.4, 0.5) is 5.69 Å². The van der Waals surface area contributed by atoms with Gasteiger partial charge in [0.25, 0.3) is 0 Å². The quantitative estimate of drug-likeness (QED) is 0.900. The molecular weight excluding hydrogens is 308 g/mol. The first-order valence-corrected chi connectivity index (χ1v) is 7.20. The van der Waals surface area contributed by atoms with Crippen LogP contribution in [0.15, 0.2) is 28.7 Å². The van der Waals surface area contributed by atoms with Crippen molar-refractivity contribution in [3.05, 3.63) is 28.7 Å². The minimum atomic E-state index is -0.450. The molecule has 0 aromatic heterocycles. The molecule has 0 radical (unpaired) electrons. The van der Waals surface area contributed by atoms with Gasteiger partial charge in [0.1, 0.15) is 6.04 Å². The summed E-state index contributed by atoms with van der Waals surface area (Å²) in [5, 5.41) is 9.46. The van der Waals surface area contributed by atoms with Crippen LogP contribution in [0, 0.1) is 5.92 Å². The largest absolute Gasteiger partial charge is 0.394 e. The van der Waals surface area contributed by atoms with Crippen molar-refractivity contribution in [1.29, 1.82) is 0 Å². The molecule has 104 valence electrons. The number of carbonyl (C=O) groups excluding carboxylic acids is 1. The summed E-state index contributed by atoms with van der Waals surface area (Å²) in [5.41, 5.74) is 0.883. The van der Waals surface area contributed by atoms with Crippen LogP contribution in [0.1, 0.15) is 6.92 Å². The Labute approximate surface area is 122 Å². The van der Waals surface area contributed by atoms with E-state index >= 15 is 0 Å². The van der Waals surface area contributed by atoms with Gasteiger partial charge in [0.2, 0.25) is 5.91 Å². The molecule has 1 aromatic rings. The summed E-state index contributed by atoms with van der Waals surface area (Å²) in [6, 6.07) is 7.25. The molecular formula is C14H19BrN2O2. The van der Waals surface area contributed by atoms with Crippen LogP contribution in [0.5, 0.6) is 0 Å². The number of likely N-dealkylation sites (N-methyl/N-ethyl adjacent to an activating group) is 1. The molecule has 1 aromatic carbocycles. The maximum Gasteiger partial charge on any atom is 0.246 e. The zero-order valence-corrected chi connectivity index (χ0v) is 12.8. The van der Waals surface area contributed by atoms with Crippen LogP contribution >= 0.6 is 15.9 Å². The summed E-state index contributed by atoms with van der Waals surface area (Å²) < 4.78 is 0.988. The van der Waals surface area contributed by atoms with Crippen LogP contribution in [0.3, 0.4) is 0 Å². The third kappa shape index (κ3) is 3.16. The van der Waals surface area contributed by atoms with Crippen LogP contribution in [0.2, 0.25) is 0 Å². The number of carbonyl (C=O) groups is 1. The van der Waals surface area contributed by atoms with Gasteiger partial charge in [0.15, 0.2) is 0 Å². The summed E-state index contributed by atoms with van der Waals surface area (Å²) in [5.74, 6) is 0.339. The van der Waals surface area contributed by atoms with Gasteiger partial charge in [-0.05, 0) is 37.2 Å². The summed E-state index contributed by atoms with van der Waals surface area (Å²) in [7, 11) is 1.89. The van der Waals surface area contributed by atoms with Gasteiger partial charge in [-0.2, -0.15) is 0 Å². The highest BCUT2D eigenvalue weighted by Gasteiger charge is 2.33. The van der Waals surface area contributed by atoms with Gasteiger partial charge in [0.05, 0.1) is 6.61 Å². The normalized spacial score (nSPS) is 25.5. The zero-order valence-electron chi connectivity index (χ0n) is 11.2. The molecule has 1 saturated heterocycles. The molecule has 0 spiro atoms. The average Bonchev–Trinajstić information content (AvgIpc) is 2.47. The fourth-order valence-electron chi connectivity index (χ4n) is 2.52. The Morgan fingerprint density at radius 1 is 1.32 bits per heavy atom. The second kappa shape index (κ2) is 6.03. The van der Waals surface area contributed by atoms with E-state index in [1.54, 1.807) is 4.90 Å². The molecule has 1 N–H and O–H groups in total. The van der Waals surface area contributed by atoms with E-state index in [4.69, 9.17) is 0 Å². The Morgan fingerprint density at radius 3 is 2.53 bits per heavy atom. The van der Waals surface area contributed by atoms with E-state index in [2.05, 4.69) is 22.9 Å². The molecule has 2 rings (SSSR count). The summed E-state index contributed by atoms with van der Waals surface area (Å²) in [4.78, 5) is 16.2. The van der Waals surface area contributed by atoms with Crippen molar-refractivity contribution in [1.82, 2.24) is 4.90 Å². The summed E-state index contributed by atoms with van der Waals surface area (Å²) in [6.07, 6.45) is 0. The Kier molecular flexibility index (Phi) is 4.60. The highest BCUT2D eigenvalue weighted by Crippen LogP contribution is 2.23. The minimum Gasteiger partial charge on any atom is -0.394 e. The van der Waals surface area contributed by atoms with Crippen LogP contribution < -0.4 is 4.90 Å². The molecule has 1 fully saturated rings. The molecule has 2 atom stereocenters. The lowest BCUT2D eigenvalue weighted by molar-refractivity contribution is -0.123. The van der Waals surface area contributed by atoms with E-state index in [9.17, 15) is 9.90 Å². The molecule has 2 unspecified atom stereocenters. The van der Waals surface area contributed by atoms with E-state index in [-0.39, 0.29) is 12.5 Å². The van der Waals surface area contributed by atoms with Gasteiger partial charge in [-0.1, -0.05) is 22.9 Å². The first kappa shape index (κ1) is 14.5. The van der Waals surface area contributed by atoms with E-state index in [1.165, 1.54) is 0 Å². The molecule has 4 nitrogen and oxygen atoms in total. The van der Waals surface area contributed by atoms with Crippen molar-refractivity contribution < 1.29 is 9.90 Å². The lowest BCUT2D eigenvalue weighted by atomic mass is 10.1. The first-order valence-electron chi connectivity index (χ1n) is 6.41. The van der Waals surface area contributed by atoms with Crippen LogP contribution in [-0.4, -0.2) is 48.7 Å². The number of hydrogen-bond acceptors (Lipinski definition) is 3. The fraction of sp³-hybridized carbons (Fsp3) is 0.500. The van der Waals surface area contributed by atoms with Gasteiger partial charge in [-0.15, -0.1) is 0 Å². The van der Waals surface area contributed by atoms with Gasteiger partial charge in [-0.3, -0.25) is 9.69 Å². The number of amides is 1. The maximum atomic E-state index is 12.5. The predicted molar refractivity (Wildman–Crippen MR) is 79.2 cm³/mol. The number of nitrogens with zero attached hydrogens (tertiary/aromatic N) is 2. The topological polar surface area (TPSA) is 43.8 Å². The molecule has 1 aliphatic heterocycles. The monoisotopic (exact) mass is 326 g/mol. The lowest BCUT2D eigenvalue weighted by Crippen LogP contribution is -2.46. The standard InChI is InChI=1S/C14H19BrN2O2/c1-10-7-16(2)13(9-18)14(19)17(8-10)12-5-3-11(15)4-6-12/h3-6,10,13,18H,7-9H2,1-2H3. The van der Waals surface area contributed by atoms with Crippen molar-refractivity contribution in [2.75, 3.05) is 31.6 Å². The number of aliphatic hydroxyl groups is 1. The fourth-order valence-corrected chi connectivity index (χ4v) is 2.78. The van der Waals surface area contributed by atoms with Crippen molar-refractivity contribution >= 4 is 27.5 Å². The number of anilines is 1. The average molecular weight is 327 g/mol. The third-order valence-corrected chi connectivity index (χ3v) is 4.02. The minimum absolute atomic E-state index is 0.0309.